The van der Waals surface area contributed by atoms with E-state index in [-0.39, 0.29) is 12.1 Å². The summed E-state index contributed by atoms with van der Waals surface area (Å²) in [6.07, 6.45) is 3.02. The van der Waals surface area contributed by atoms with Crippen molar-refractivity contribution >= 4 is 16.9 Å². The Morgan fingerprint density at radius 1 is 1.07 bits per heavy atom. The monoisotopic (exact) mass is 416 g/mol. The van der Waals surface area contributed by atoms with E-state index in [1.54, 1.807) is 0 Å². The molecule has 4 heterocycles. The number of amidine groups is 1. The molecule has 2 aliphatic heterocycles. The molecule has 1 fully saturated rings. The number of aryl methyl sites for hydroxylation is 2. The lowest BCUT2D eigenvalue weighted by molar-refractivity contribution is 0.254. The fourth-order valence-corrected chi connectivity index (χ4v) is 6.20. The maximum Gasteiger partial charge on any atom is 0.160 e. The van der Waals surface area contributed by atoms with Crippen molar-refractivity contribution in [1.29, 1.82) is 0 Å². The van der Waals surface area contributed by atoms with Crippen LogP contribution >= 0.6 is 11.8 Å². The third-order valence-electron chi connectivity index (χ3n) is 6.41. The maximum absolute atomic E-state index is 5.17. The van der Waals surface area contributed by atoms with Crippen LogP contribution in [-0.4, -0.2) is 31.4 Å². The molecule has 0 unspecified atom stereocenters. The number of fused-ring (bicyclic) bond motifs is 1. The van der Waals surface area contributed by atoms with E-state index in [0.717, 1.165) is 17.9 Å². The van der Waals surface area contributed by atoms with Crippen molar-refractivity contribution in [3.05, 3.63) is 82.9 Å². The second kappa shape index (κ2) is 7.62. The number of rotatable bonds is 4. The summed E-state index contributed by atoms with van der Waals surface area (Å²) in [5.74, 6) is 1.12. The molecule has 0 spiro atoms. The molecular weight excluding hydrogens is 388 g/mol. The van der Waals surface area contributed by atoms with Crippen LogP contribution < -0.4 is 0 Å². The van der Waals surface area contributed by atoms with Gasteiger partial charge in [0.1, 0.15) is 6.04 Å². The molecule has 1 aromatic carbocycles. The molecule has 5 heteroatoms. The molecule has 2 aromatic heterocycles. The molecule has 0 aliphatic carbocycles. The number of hydrogen-bond donors (Lipinski definition) is 0. The first-order valence-corrected chi connectivity index (χ1v) is 11.7. The van der Waals surface area contributed by atoms with Crippen molar-refractivity contribution in [2.75, 3.05) is 5.75 Å². The highest BCUT2D eigenvalue weighted by atomic mass is 32.2. The normalized spacial score (nSPS) is 23.0. The van der Waals surface area contributed by atoms with Gasteiger partial charge in [-0.05, 0) is 63.1 Å². The van der Waals surface area contributed by atoms with E-state index in [4.69, 9.17) is 9.98 Å². The van der Waals surface area contributed by atoms with E-state index in [1.807, 2.05) is 24.0 Å². The molecule has 154 valence electrons. The topological polar surface area (TPSA) is 33.4 Å². The van der Waals surface area contributed by atoms with Gasteiger partial charge in [-0.3, -0.25) is 9.98 Å². The Bertz CT molecular complexity index is 1080. The van der Waals surface area contributed by atoms with Crippen LogP contribution in [0.3, 0.4) is 0 Å². The lowest BCUT2D eigenvalue weighted by Gasteiger charge is -2.32. The van der Waals surface area contributed by atoms with Crippen LogP contribution in [0.25, 0.3) is 5.69 Å². The van der Waals surface area contributed by atoms with Crippen LogP contribution in [0.1, 0.15) is 53.6 Å². The number of pyridine rings is 1. The number of aromatic nitrogens is 2. The lowest BCUT2D eigenvalue weighted by Crippen LogP contribution is -2.35. The molecule has 0 amide bonds. The van der Waals surface area contributed by atoms with Gasteiger partial charge < -0.3 is 9.47 Å². The highest BCUT2D eigenvalue weighted by Gasteiger charge is 2.46. The molecule has 2 aliphatic rings. The first-order chi connectivity index (χ1) is 14.6. The van der Waals surface area contributed by atoms with Crippen molar-refractivity contribution in [3.8, 4) is 5.69 Å². The fraction of sp³-hybridized carbons (Fsp3) is 0.360. The second-order valence-corrected chi connectivity index (χ2v) is 9.32. The predicted molar refractivity (Wildman–Crippen MR) is 126 cm³/mol. The third kappa shape index (κ3) is 3.07. The van der Waals surface area contributed by atoms with Gasteiger partial charge in [0.15, 0.2) is 5.17 Å². The molecule has 3 atom stereocenters. The number of hydrogen-bond acceptors (Lipinski definition) is 4. The molecule has 1 saturated heterocycles. The van der Waals surface area contributed by atoms with Gasteiger partial charge in [-0.2, -0.15) is 0 Å². The quantitative estimate of drug-likeness (QED) is 0.541. The van der Waals surface area contributed by atoms with E-state index in [0.29, 0.717) is 6.04 Å². The van der Waals surface area contributed by atoms with Gasteiger partial charge in [0.2, 0.25) is 0 Å². The molecule has 0 N–H and O–H groups in total. The molecule has 0 bridgehead atoms. The Morgan fingerprint density at radius 2 is 1.87 bits per heavy atom. The summed E-state index contributed by atoms with van der Waals surface area (Å²) in [5, 5.41) is 1.18. The van der Waals surface area contributed by atoms with E-state index >= 15 is 0 Å². The molecule has 4 nitrogen and oxygen atoms in total. The standard InChI is InChI=1S/C25H28N4S/c1-5-19-15-30-25-27-23(22-8-6-7-13-26-22)24(29(19)25)21-14-17(3)28(18(21)4)20-11-9-16(2)10-12-20/h6-14,19,23-24H,5,15H2,1-4H3/t19-,23+,24+/m1/s1. The van der Waals surface area contributed by atoms with Crippen LogP contribution in [0.4, 0.5) is 0 Å². The Hall–Kier alpha value is -2.53. The Kier molecular flexibility index (Phi) is 4.94. The molecule has 0 saturated carbocycles. The number of aliphatic imine (C=N–C) groups is 1. The average Bonchev–Trinajstić information content (AvgIpc) is 3.41. The lowest BCUT2D eigenvalue weighted by atomic mass is 9.95. The van der Waals surface area contributed by atoms with Gasteiger partial charge in [0.25, 0.3) is 0 Å². The SMILES string of the molecule is CC[C@@H]1CSC2=N[C@@H](c3ccccn3)[C@H](c3cc(C)n(-c4ccc(C)cc4)c3C)N21. The molecule has 3 aromatic rings. The number of thioether (sulfide) groups is 1. The van der Waals surface area contributed by atoms with Crippen molar-refractivity contribution in [3.63, 3.8) is 0 Å². The summed E-state index contributed by atoms with van der Waals surface area (Å²) < 4.78 is 2.38. The molecule has 30 heavy (non-hydrogen) atoms. The van der Waals surface area contributed by atoms with Crippen molar-refractivity contribution in [2.24, 2.45) is 4.99 Å². The van der Waals surface area contributed by atoms with Crippen molar-refractivity contribution in [2.45, 2.75) is 52.2 Å². The highest BCUT2D eigenvalue weighted by molar-refractivity contribution is 8.14. The number of nitrogens with zero attached hydrogens (tertiary/aromatic N) is 4. The second-order valence-electron chi connectivity index (χ2n) is 8.33. The minimum atomic E-state index is 0.0371. The van der Waals surface area contributed by atoms with Crippen LogP contribution in [-0.2, 0) is 0 Å². The molecular formula is C25H28N4S. The first-order valence-electron chi connectivity index (χ1n) is 10.7. The average molecular weight is 417 g/mol. The summed E-state index contributed by atoms with van der Waals surface area (Å²) in [7, 11) is 0. The van der Waals surface area contributed by atoms with E-state index < -0.39 is 0 Å². The van der Waals surface area contributed by atoms with E-state index in [9.17, 15) is 0 Å². The van der Waals surface area contributed by atoms with Gasteiger partial charge in [-0.25, -0.2) is 0 Å². The van der Waals surface area contributed by atoms with Crippen molar-refractivity contribution < 1.29 is 0 Å². The first kappa shape index (κ1) is 19.4. The van der Waals surface area contributed by atoms with Gasteiger partial charge in [0, 0.05) is 35.1 Å². The zero-order valence-electron chi connectivity index (χ0n) is 18.0. The maximum atomic E-state index is 5.17. The van der Waals surface area contributed by atoms with Crippen LogP contribution in [0.5, 0.6) is 0 Å². The summed E-state index contributed by atoms with van der Waals surface area (Å²) in [4.78, 5) is 12.4. The van der Waals surface area contributed by atoms with Gasteiger partial charge in [-0.15, -0.1) is 0 Å². The van der Waals surface area contributed by atoms with Gasteiger partial charge >= 0.3 is 0 Å². The Morgan fingerprint density at radius 3 is 2.57 bits per heavy atom. The van der Waals surface area contributed by atoms with E-state index in [1.165, 1.54) is 33.4 Å². The van der Waals surface area contributed by atoms with Crippen LogP contribution in [0, 0.1) is 20.8 Å². The summed E-state index contributed by atoms with van der Waals surface area (Å²) in [6, 6.07) is 18.1. The Labute approximate surface area is 183 Å². The smallest absolute Gasteiger partial charge is 0.160 e. The highest BCUT2D eigenvalue weighted by Crippen LogP contribution is 2.49. The minimum Gasteiger partial charge on any atom is -0.338 e. The zero-order chi connectivity index (χ0) is 20.8. The predicted octanol–water partition coefficient (Wildman–Crippen LogP) is 5.78. The van der Waals surface area contributed by atoms with Gasteiger partial charge in [0.05, 0.1) is 11.7 Å². The summed E-state index contributed by atoms with van der Waals surface area (Å²) in [5.41, 5.74) is 7.48. The van der Waals surface area contributed by atoms with Crippen LogP contribution in [0.2, 0.25) is 0 Å². The Balaban J connectivity index is 1.63. The van der Waals surface area contributed by atoms with Gasteiger partial charge in [-0.1, -0.05) is 42.4 Å². The largest absolute Gasteiger partial charge is 0.338 e. The minimum absolute atomic E-state index is 0.0371. The molecule has 5 rings (SSSR count). The fourth-order valence-electron chi connectivity index (χ4n) is 4.86. The van der Waals surface area contributed by atoms with Crippen molar-refractivity contribution in [1.82, 2.24) is 14.5 Å². The molecule has 0 radical (unpaired) electrons. The third-order valence-corrected chi connectivity index (χ3v) is 7.54. The van der Waals surface area contributed by atoms with E-state index in [2.05, 4.69) is 79.6 Å². The summed E-state index contributed by atoms with van der Waals surface area (Å²) in [6.45, 7) is 8.88. The number of benzene rings is 1. The summed E-state index contributed by atoms with van der Waals surface area (Å²) >= 11 is 1.90. The van der Waals surface area contributed by atoms with Crippen LogP contribution in [0.15, 0.2) is 59.7 Å². The zero-order valence-corrected chi connectivity index (χ0v) is 18.9.